The number of hydrogen-bond acceptors (Lipinski definition) is 5. The van der Waals surface area contributed by atoms with Gasteiger partial charge in [-0.05, 0) is 19.4 Å². The van der Waals surface area contributed by atoms with E-state index in [4.69, 9.17) is 0 Å². The van der Waals surface area contributed by atoms with Gasteiger partial charge >= 0.3 is 6.03 Å². The Bertz CT molecular complexity index is 545. The van der Waals surface area contributed by atoms with Crippen LogP contribution in [0.25, 0.3) is 0 Å². The van der Waals surface area contributed by atoms with Gasteiger partial charge in [0.25, 0.3) is 5.69 Å². The zero-order valence-corrected chi connectivity index (χ0v) is 11.9. The second-order valence-electron chi connectivity index (χ2n) is 4.36. The lowest BCUT2D eigenvalue weighted by Crippen LogP contribution is -2.42. The molecule has 8 nitrogen and oxygen atoms in total. The number of urea groups is 1. The molecule has 0 saturated carbocycles. The van der Waals surface area contributed by atoms with E-state index in [0.29, 0.717) is 17.8 Å². The SMILES string of the molecule is CCCNC(=O)NC(=O)CNc1cccc([N+](=O)[O-])c1C. The topological polar surface area (TPSA) is 113 Å². The largest absolute Gasteiger partial charge is 0.376 e. The number of carbonyl (C=O) groups is 2. The predicted molar refractivity (Wildman–Crippen MR) is 78.2 cm³/mol. The molecule has 0 aliphatic rings. The Morgan fingerprint density at radius 2 is 2.05 bits per heavy atom. The molecule has 0 atom stereocenters. The summed E-state index contributed by atoms with van der Waals surface area (Å²) >= 11 is 0. The summed E-state index contributed by atoms with van der Waals surface area (Å²) in [6, 6.07) is 3.99. The molecular formula is C13H18N4O4. The van der Waals surface area contributed by atoms with Gasteiger partial charge in [-0.25, -0.2) is 4.79 Å². The van der Waals surface area contributed by atoms with Gasteiger partial charge in [-0.3, -0.25) is 20.2 Å². The van der Waals surface area contributed by atoms with Crippen LogP contribution in [0.2, 0.25) is 0 Å². The van der Waals surface area contributed by atoms with Gasteiger partial charge in [-0.2, -0.15) is 0 Å². The number of nitrogens with one attached hydrogen (secondary N) is 3. The third kappa shape index (κ3) is 5.09. The summed E-state index contributed by atoms with van der Waals surface area (Å²) in [7, 11) is 0. The number of amides is 3. The predicted octanol–water partition coefficient (Wildman–Crippen LogP) is 1.55. The second-order valence-corrected chi connectivity index (χ2v) is 4.36. The van der Waals surface area contributed by atoms with Crippen LogP contribution in [0.1, 0.15) is 18.9 Å². The first-order valence-electron chi connectivity index (χ1n) is 6.51. The number of nitro groups is 1. The molecule has 0 fully saturated rings. The van der Waals surface area contributed by atoms with Crippen LogP contribution < -0.4 is 16.0 Å². The van der Waals surface area contributed by atoms with Gasteiger partial charge in [0.1, 0.15) is 0 Å². The van der Waals surface area contributed by atoms with Crippen molar-refractivity contribution in [3.63, 3.8) is 0 Å². The number of hydrogen-bond donors (Lipinski definition) is 3. The minimum absolute atomic E-state index is 0.0268. The fourth-order valence-electron chi connectivity index (χ4n) is 1.64. The molecule has 0 heterocycles. The highest BCUT2D eigenvalue weighted by molar-refractivity contribution is 5.96. The second kappa shape index (κ2) is 7.83. The van der Waals surface area contributed by atoms with E-state index in [1.165, 1.54) is 12.1 Å². The molecule has 21 heavy (non-hydrogen) atoms. The third-order valence-electron chi connectivity index (χ3n) is 2.73. The van der Waals surface area contributed by atoms with Crippen LogP contribution in [-0.4, -0.2) is 30.0 Å². The summed E-state index contributed by atoms with van der Waals surface area (Å²) in [5.41, 5.74) is 0.889. The molecule has 0 bridgehead atoms. The number of nitrogens with zero attached hydrogens (tertiary/aromatic N) is 1. The molecule has 0 aromatic heterocycles. The summed E-state index contributed by atoms with van der Waals surface area (Å²) in [5, 5.41) is 18.2. The Morgan fingerprint density at radius 1 is 1.33 bits per heavy atom. The molecule has 1 rings (SSSR count). The summed E-state index contributed by atoms with van der Waals surface area (Å²) in [4.78, 5) is 33.1. The zero-order valence-electron chi connectivity index (χ0n) is 11.9. The van der Waals surface area contributed by atoms with Crippen LogP contribution >= 0.6 is 0 Å². The number of anilines is 1. The standard InChI is InChI=1S/C13H18N4O4/c1-3-7-14-13(19)16-12(18)8-15-10-5-4-6-11(9(10)2)17(20)21/h4-6,15H,3,7-8H2,1-2H3,(H2,14,16,18,19). The fourth-order valence-corrected chi connectivity index (χ4v) is 1.64. The molecule has 114 valence electrons. The van der Waals surface area contributed by atoms with Crippen molar-refractivity contribution in [2.45, 2.75) is 20.3 Å². The highest BCUT2D eigenvalue weighted by Crippen LogP contribution is 2.24. The normalized spacial score (nSPS) is 9.81. The van der Waals surface area contributed by atoms with E-state index >= 15 is 0 Å². The van der Waals surface area contributed by atoms with Crippen LogP contribution in [-0.2, 0) is 4.79 Å². The molecule has 8 heteroatoms. The van der Waals surface area contributed by atoms with Crippen LogP contribution in [0.5, 0.6) is 0 Å². The molecule has 0 spiro atoms. The van der Waals surface area contributed by atoms with Gasteiger partial charge in [-0.15, -0.1) is 0 Å². The lowest BCUT2D eigenvalue weighted by molar-refractivity contribution is -0.385. The molecule has 0 saturated heterocycles. The van der Waals surface area contributed by atoms with Gasteiger partial charge in [0.2, 0.25) is 5.91 Å². The Kier molecular flexibility index (Phi) is 6.12. The molecule has 0 radical (unpaired) electrons. The van der Waals surface area contributed by atoms with Crippen molar-refractivity contribution >= 4 is 23.3 Å². The smallest absolute Gasteiger partial charge is 0.321 e. The summed E-state index contributed by atoms with van der Waals surface area (Å²) < 4.78 is 0. The van der Waals surface area contributed by atoms with Crippen molar-refractivity contribution in [1.82, 2.24) is 10.6 Å². The first-order valence-corrected chi connectivity index (χ1v) is 6.51. The van der Waals surface area contributed by atoms with Crippen LogP contribution in [0.15, 0.2) is 18.2 Å². The molecule has 0 unspecified atom stereocenters. The summed E-state index contributed by atoms with van der Waals surface area (Å²) in [5.74, 6) is -0.519. The maximum Gasteiger partial charge on any atom is 0.321 e. The van der Waals surface area contributed by atoms with E-state index in [2.05, 4.69) is 16.0 Å². The number of rotatable bonds is 6. The van der Waals surface area contributed by atoms with Gasteiger partial charge in [0.15, 0.2) is 0 Å². The Labute approximate surface area is 122 Å². The van der Waals surface area contributed by atoms with E-state index in [0.717, 1.165) is 6.42 Å². The molecular weight excluding hydrogens is 276 g/mol. The number of nitro benzene ring substituents is 1. The number of carbonyl (C=O) groups excluding carboxylic acids is 2. The van der Waals surface area contributed by atoms with Crippen molar-refractivity contribution in [2.24, 2.45) is 0 Å². The summed E-state index contributed by atoms with van der Waals surface area (Å²) in [6.07, 6.45) is 0.771. The lowest BCUT2D eigenvalue weighted by atomic mass is 10.1. The molecule has 0 aliphatic carbocycles. The minimum atomic E-state index is -0.556. The van der Waals surface area contributed by atoms with E-state index in [-0.39, 0.29) is 12.2 Å². The summed E-state index contributed by atoms with van der Waals surface area (Å²) in [6.45, 7) is 3.82. The van der Waals surface area contributed by atoms with Gasteiger partial charge in [-0.1, -0.05) is 13.0 Å². The lowest BCUT2D eigenvalue weighted by Gasteiger charge is -2.10. The highest BCUT2D eigenvalue weighted by atomic mass is 16.6. The third-order valence-corrected chi connectivity index (χ3v) is 2.73. The first-order chi connectivity index (χ1) is 9.95. The molecule has 1 aromatic carbocycles. The Hall–Kier alpha value is -2.64. The molecule has 1 aromatic rings. The van der Waals surface area contributed by atoms with Gasteiger partial charge in [0.05, 0.1) is 11.5 Å². The van der Waals surface area contributed by atoms with Crippen molar-refractivity contribution in [1.29, 1.82) is 0 Å². The highest BCUT2D eigenvalue weighted by Gasteiger charge is 2.14. The fraction of sp³-hybridized carbons (Fsp3) is 0.385. The van der Waals surface area contributed by atoms with Crippen molar-refractivity contribution < 1.29 is 14.5 Å². The van der Waals surface area contributed by atoms with E-state index < -0.39 is 16.9 Å². The van der Waals surface area contributed by atoms with E-state index in [9.17, 15) is 19.7 Å². The maximum atomic E-state index is 11.6. The molecule has 3 amide bonds. The van der Waals surface area contributed by atoms with Crippen LogP contribution in [0, 0.1) is 17.0 Å². The number of benzene rings is 1. The molecule has 3 N–H and O–H groups in total. The minimum Gasteiger partial charge on any atom is -0.376 e. The zero-order chi connectivity index (χ0) is 15.8. The quantitative estimate of drug-likeness (QED) is 0.544. The van der Waals surface area contributed by atoms with Gasteiger partial charge in [0, 0.05) is 23.9 Å². The average molecular weight is 294 g/mol. The Balaban J connectivity index is 2.56. The first kappa shape index (κ1) is 16.4. The van der Waals surface area contributed by atoms with Crippen molar-refractivity contribution in [3.8, 4) is 0 Å². The van der Waals surface area contributed by atoms with Crippen LogP contribution in [0.4, 0.5) is 16.2 Å². The molecule has 0 aliphatic heterocycles. The van der Waals surface area contributed by atoms with Crippen LogP contribution in [0.3, 0.4) is 0 Å². The maximum absolute atomic E-state index is 11.6. The van der Waals surface area contributed by atoms with Gasteiger partial charge < -0.3 is 10.6 Å². The monoisotopic (exact) mass is 294 g/mol. The van der Waals surface area contributed by atoms with Crippen molar-refractivity contribution in [3.05, 3.63) is 33.9 Å². The average Bonchev–Trinajstić information content (AvgIpc) is 2.43. The number of imide groups is 1. The Morgan fingerprint density at radius 3 is 2.67 bits per heavy atom. The van der Waals surface area contributed by atoms with E-state index in [1.54, 1.807) is 13.0 Å². The van der Waals surface area contributed by atoms with E-state index in [1.807, 2.05) is 6.92 Å². The van der Waals surface area contributed by atoms with Crippen molar-refractivity contribution in [2.75, 3.05) is 18.4 Å².